The van der Waals surface area contributed by atoms with E-state index in [1.165, 1.54) is 0 Å². The Bertz CT molecular complexity index is 763. The molecule has 152 valence electrons. The molecule has 1 fully saturated rings. The molecule has 6 nitrogen and oxygen atoms in total. The summed E-state index contributed by atoms with van der Waals surface area (Å²) in [5.74, 6) is 0.513. The Morgan fingerprint density at radius 2 is 1.93 bits per heavy atom. The van der Waals surface area contributed by atoms with Crippen molar-refractivity contribution in [1.82, 2.24) is 14.9 Å². The standard InChI is InChI=1S/C16H22ClF3N4O2S/c1-21-15(22-9-6-12-4-2-3-5-14(12)17)23-13-7-10-24(11-8-13)27(25,26)16(18,19)20/h2-5,13H,6-11H2,1H3,(H2,21,22,23). The third-order valence-electron chi connectivity index (χ3n) is 4.30. The van der Waals surface area contributed by atoms with Crippen LogP contribution in [0.3, 0.4) is 0 Å². The van der Waals surface area contributed by atoms with Crippen molar-refractivity contribution in [2.75, 3.05) is 26.7 Å². The molecule has 0 aliphatic carbocycles. The Hall–Kier alpha value is -1.52. The van der Waals surface area contributed by atoms with E-state index in [0.29, 0.717) is 28.3 Å². The Balaban J connectivity index is 1.80. The molecule has 1 saturated heterocycles. The van der Waals surface area contributed by atoms with Gasteiger partial charge in [-0.25, -0.2) is 8.42 Å². The van der Waals surface area contributed by atoms with E-state index in [1.54, 1.807) is 7.05 Å². The molecule has 0 unspecified atom stereocenters. The number of hydrogen-bond acceptors (Lipinski definition) is 3. The molecule has 0 bridgehead atoms. The average Bonchev–Trinajstić information content (AvgIpc) is 2.62. The van der Waals surface area contributed by atoms with Crippen molar-refractivity contribution in [1.29, 1.82) is 0 Å². The summed E-state index contributed by atoms with van der Waals surface area (Å²) in [7, 11) is -3.67. The fourth-order valence-corrected chi connectivity index (χ4v) is 4.01. The molecule has 2 rings (SSSR count). The summed E-state index contributed by atoms with van der Waals surface area (Å²) in [6, 6.07) is 7.34. The van der Waals surface area contributed by atoms with Gasteiger partial charge in [-0.15, -0.1) is 0 Å². The van der Waals surface area contributed by atoms with Crippen molar-refractivity contribution in [3.63, 3.8) is 0 Å². The van der Waals surface area contributed by atoms with E-state index in [2.05, 4.69) is 15.6 Å². The third-order valence-corrected chi connectivity index (χ3v) is 6.29. The molecule has 0 aromatic heterocycles. The molecule has 1 aromatic rings. The van der Waals surface area contributed by atoms with Gasteiger partial charge in [0.15, 0.2) is 5.96 Å². The highest BCUT2D eigenvalue weighted by Crippen LogP contribution is 2.28. The van der Waals surface area contributed by atoms with E-state index in [4.69, 9.17) is 11.6 Å². The van der Waals surface area contributed by atoms with Gasteiger partial charge in [0.2, 0.25) is 0 Å². The number of alkyl halides is 3. The first-order chi connectivity index (χ1) is 12.6. The van der Waals surface area contributed by atoms with E-state index >= 15 is 0 Å². The molecule has 0 amide bonds. The Morgan fingerprint density at radius 3 is 2.48 bits per heavy atom. The molecule has 11 heteroatoms. The van der Waals surface area contributed by atoms with Crippen molar-refractivity contribution in [3.05, 3.63) is 34.9 Å². The van der Waals surface area contributed by atoms with Crippen LogP contribution in [0.1, 0.15) is 18.4 Å². The molecule has 1 aliphatic heterocycles. The normalized spacial score (nSPS) is 17.7. The summed E-state index contributed by atoms with van der Waals surface area (Å²) in [6.07, 6.45) is 1.21. The lowest BCUT2D eigenvalue weighted by Gasteiger charge is -2.32. The first kappa shape index (κ1) is 21.8. The van der Waals surface area contributed by atoms with Crippen LogP contribution in [0.15, 0.2) is 29.3 Å². The molecule has 1 aliphatic rings. The number of hydrogen-bond donors (Lipinski definition) is 2. The Kier molecular flexibility index (Phi) is 7.35. The molecule has 0 spiro atoms. The van der Waals surface area contributed by atoms with Crippen LogP contribution in [0.25, 0.3) is 0 Å². The predicted molar refractivity (Wildman–Crippen MR) is 99.2 cm³/mol. The van der Waals surface area contributed by atoms with Crippen molar-refractivity contribution in [3.8, 4) is 0 Å². The van der Waals surface area contributed by atoms with Gasteiger partial charge in [0.25, 0.3) is 0 Å². The predicted octanol–water partition coefficient (Wildman–Crippen LogP) is 2.36. The summed E-state index contributed by atoms with van der Waals surface area (Å²) in [6.45, 7) is 0.205. The SMILES string of the molecule is CN=C(NCCc1ccccc1Cl)NC1CCN(S(=O)(=O)C(F)(F)F)CC1. The highest BCUT2D eigenvalue weighted by atomic mass is 35.5. The van der Waals surface area contributed by atoms with Crippen molar-refractivity contribution in [2.45, 2.75) is 30.8 Å². The quantitative estimate of drug-likeness (QED) is 0.560. The average molecular weight is 427 g/mol. The van der Waals surface area contributed by atoms with Gasteiger partial charge in [0.1, 0.15) is 0 Å². The van der Waals surface area contributed by atoms with Crippen LogP contribution in [0, 0.1) is 0 Å². The van der Waals surface area contributed by atoms with E-state index in [9.17, 15) is 21.6 Å². The van der Waals surface area contributed by atoms with Crippen LogP contribution in [0.2, 0.25) is 5.02 Å². The lowest BCUT2D eigenvalue weighted by atomic mass is 10.1. The maximum absolute atomic E-state index is 12.6. The number of benzene rings is 1. The smallest absolute Gasteiger partial charge is 0.356 e. The molecule has 27 heavy (non-hydrogen) atoms. The number of nitrogens with one attached hydrogen (secondary N) is 2. The first-order valence-corrected chi connectivity index (χ1v) is 10.2. The number of aliphatic imine (C=N–C) groups is 1. The van der Waals surface area contributed by atoms with Gasteiger partial charge in [-0.1, -0.05) is 29.8 Å². The minimum atomic E-state index is -5.26. The molecule has 1 heterocycles. The van der Waals surface area contributed by atoms with Gasteiger partial charge in [-0.2, -0.15) is 17.5 Å². The number of nitrogens with zero attached hydrogens (tertiary/aromatic N) is 2. The molecule has 1 aromatic carbocycles. The topological polar surface area (TPSA) is 73.8 Å². The zero-order valence-corrected chi connectivity index (χ0v) is 16.3. The summed E-state index contributed by atoms with van der Waals surface area (Å²) < 4.78 is 61.2. The highest BCUT2D eigenvalue weighted by Gasteiger charge is 2.50. The first-order valence-electron chi connectivity index (χ1n) is 8.42. The maximum atomic E-state index is 12.6. The largest absolute Gasteiger partial charge is 0.511 e. The van der Waals surface area contributed by atoms with E-state index in [-0.39, 0.29) is 32.0 Å². The van der Waals surface area contributed by atoms with Crippen molar-refractivity contribution >= 4 is 27.6 Å². The fraction of sp³-hybridized carbons (Fsp3) is 0.562. The number of sulfonamides is 1. The van der Waals surface area contributed by atoms with Crippen LogP contribution in [0.4, 0.5) is 13.2 Å². The zero-order valence-electron chi connectivity index (χ0n) is 14.8. The van der Waals surface area contributed by atoms with E-state index in [0.717, 1.165) is 5.56 Å². The summed E-state index contributed by atoms with van der Waals surface area (Å²) in [5, 5.41) is 6.93. The van der Waals surface area contributed by atoms with Crippen molar-refractivity contribution in [2.24, 2.45) is 4.99 Å². The molecular formula is C16H22ClF3N4O2S. The van der Waals surface area contributed by atoms with Crippen LogP contribution >= 0.6 is 11.6 Å². The van der Waals surface area contributed by atoms with E-state index < -0.39 is 15.5 Å². The van der Waals surface area contributed by atoms with Crippen LogP contribution in [-0.2, 0) is 16.4 Å². The minimum Gasteiger partial charge on any atom is -0.356 e. The summed E-state index contributed by atoms with van der Waals surface area (Å²) in [5.41, 5.74) is -4.27. The summed E-state index contributed by atoms with van der Waals surface area (Å²) >= 11 is 6.10. The monoisotopic (exact) mass is 426 g/mol. The minimum absolute atomic E-state index is 0.156. The number of guanidine groups is 1. The molecule has 0 atom stereocenters. The molecule has 0 saturated carbocycles. The highest BCUT2D eigenvalue weighted by molar-refractivity contribution is 7.90. The maximum Gasteiger partial charge on any atom is 0.511 e. The second-order valence-electron chi connectivity index (χ2n) is 6.11. The van der Waals surface area contributed by atoms with Gasteiger partial charge in [-0.3, -0.25) is 4.99 Å². The fourth-order valence-electron chi connectivity index (χ4n) is 2.79. The number of halogens is 4. The number of rotatable bonds is 5. The number of piperidine rings is 1. The Morgan fingerprint density at radius 1 is 1.30 bits per heavy atom. The summed E-state index contributed by atoms with van der Waals surface area (Å²) in [4.78, 5) is 4.09. The van der Waals surface area contributed by atoms with Gasteiger partial charge in [0.05, 0.1) is 0 Å². The lowest BCUT2D eigenvalue weighted by Crippen LogP contribution is -2.51. The van der Waals surface area contributed by atoms with Gasteiger partial charge in [-0.05, 0) is 30.9 Å². The second-order valence-corrected chi connectivity index (χ2v) is 8.45. The third kappa shape index (κ3) is 5.73. The van der Waals surface area contributed by atoms with Crippen LogP contribution in [-0.4, -0.2) is 56.9 Å². The molecule has 0 radical (unpaired) electrons. The van der Waals surface area contributed by atoms with E-state index in [1.807, 2.05) is 24.3 Å². The van der Waals surface area contributed by atoms with Crippen LogP contribution in [0.5, 0.6) is 0 Å². The lowest BCUT2D eigenvalue weighted by molar-refractivity contribution is -0.0494. The zero-order chi connectivity index (χ0) is 20.1. The second kappa shape index (κ2) is 9.11. The molecular weight excluding hydrogens is 405 g/mol. The Labute approximate surface area is 161 Å². The van der Waals surface area contributed by atoms with Gasteiger partial charge < -0.3 is 10.6 Å². The van der Waals surface area contributed by atoms with Crippen molar-refractivity contribution < 1.29 is 21.6 Å². The van der Waals surface area contributed by atoms with Crippen LogP contribution < -0.4 is 10.6 Å². The van der Waals surface area contributed by atoms with Gasteiger partial charge >= 0.3 is 15.5 Å². The molecule has 2 N–H and O–H groups in total. The van der Waals surface area contributed by atoms with Gasteiger partial charge in [0, 0.05) is 37.7 Å².